The molecular weight excluding hydrogens is 561 g/mol. The van der Waals surface area contributed by atoms with E-state index in [0.717, 1.165) is 42.0 Å². The highest BCUT2D eigenvalue weighted by atomic mass is 32.1. The van der Waals surface area contributed by atoms with Crippen molar-refractivity contribution in [3.63, 3.8) is 0 Å². The largest absolute Gasteiger partial charge is 0.450 e. The Morgan fingerprint density at radius 1 is 1.13 bits per heavy atom. The molecule has 0 spiro atoms. The Kier molecular flexibility index (Phi) is 8.22. The lowest BCUT2D eigenvalue weighted by atomic mass is 10.2. The lowest BCUT2D eigenvalue weighted by Crippen LogP contribution is -2.22. The second-order valence-electron chi connectivity index (χ2n) is 9.73. The molecule has 0 atom stereocenters. The summed E-state index contributed by atoms with van der Waals surface area (Å²) in [6, 6.07) is 2.69. The number of benzene rings is 1. The van der Waals surface area contributed by atoms with Gasteiger partial charge in [-0.1, -0.05) is 19.6 Å². The van der Waals surface area contributed by atoms with Gasteiger partial charge >= 0.3 is 12.2 Å². The fourth-order valence-corrected chi connectivity index (χ4v) is 4.75. The van der Waals surface area contributed by atoms with Crippen LogP contribution in [0, 0.1) is 11.6 Å². The quantitative estimate of drug-likeness (QED) is 0.120. The average molecular weight is 586 g/mol. The zero-order valence-corrected chi connectivity index (χ0v) is 22.8. The Morgan fingerprint density at radius 3 is 2.44 bits per heavy atom. The summed E-state index contributed by atoms with van der Waals surface area (Å²) < 4.78 is 87.4. The Morgan fingerprint density at radius 2 is 1.82 bits per heavy atom. The zero-order valence-electron chi connectivity index (χ0n) is 21.0. The molecule has 1 aromatic carbocycles. The maximum absolute atomic E-state index is 14.9. The van der Waals surface area contributed by atoms with E-state index in [0.29, 0.717) is 12.3 Å². The number of pyridine rings is 1. The second kappa shape index (κ2) is 11.3. The first-order valence-electron chi connectivity index (χ1n) is 11.6. The van der Waals surface area contributed by atoms with E-state index in [2.05, 4.69) is 39.6 Å². The molecule has 0 saturated heterocycles. The number of rotatable bonds is 9. The Hall–Kier alpha value is -3.56. The number of anilines is 2. The fraction of sp³-hybridized carbons (Fsp3) is 0.292. The molecule has 0 aliphatic rings. The summed E-state index contributed by atoms with van der Waals surface area (Å²) in [6.45, 7) is 6.61. The third-order valence-corrected chi connectivity index (χ3v) is 7.70. The summed E-state index contributed by atoms with van der Waals surface area (Å²) in [4.78, 5) is 16.1. The minimum atomic E-state index is -4.81. The highest BCUT2D eigenvalue weighted by molar-refractivity contribution is 7.04. The first-order chi connectivity index (χ1) is 18.3. The number of hydrogen-bond donors (Lipinski definition) is 2. The van der Waals surface area contributed by atoms with E-state index in [4.69, 9.17) is 9.47 Å². The molecule has 0 bridgehead atoms. The Bertz CT molecular complexity index is 1450. The minimum absolute atomic E-state index is 0.119. The highest BCUT2D eigenvalue weighted by Crippen LogP contribution is 2.42. The first kappa shape index (κ1) is 28.4. The van der Waals surface area contributed by atoms with Crippen LogP contribution in [0.2, 0.25) is 25.7 Å². The minimum Gasteiger partial charge on any atom is -0.450 e. The molecule has 0 aliphatic carbocycles. The van der Waals surface area contributed by atoms with E-state index in [1.54, 1.807) is 5.38 Å². The van der Waals surface area contributed by atoms with Gasteiger partial charge < -0.3 is 24.7 Å². The van der Waals surface area contributed by atoms with Crippen molar-refractivity contribution < 1.29 is 36.2 Å². The summed E-state index contributed by atoms with van der Waals surface area (Å²) in [7, 11) is -1.41. The summed E-state index contributed by atoms with van der Waals surface area (Å²) in [5.41, 5.74) is -1.07. The molecule has 0 saturated carbocycles. The molecule has 3 heterocycles. The van der Waals surface area contributed by atoms with Crippen LogP contribution in [0.4, 0.5) is 38.1 Å². The van der Waals surface area contributed by atoms with Crippen LogP contribution in [0.3, 0.4) is 0 Å². The molecule has 2 amide bonds. The van der Waals surface area contributed by atoms with E-state index in [-0.39, 0.29) is 18.1 Å². The number of carbonyl (C=O) groups is 1. The van der Waals surface area contributed by atoms with Gasteiger partial charge in [0.15, 0.2) is 17.4 Å². The smallest absolute Gasteiger partial charge is 0.418 e. The van der Waals surface area contributed by atoms with Crippen molar-refractivity contribution in [1.82, 2.24) is 13.9 Å². The van der Waals surface area contributed by atoms with E-state index in [1.807, 2.05) is 0 Å². The van der Waals surface area contributed by atoms with Crippen molar-refractivity contribution in [2.45, 2.75) is 38.6 Å². The molecule has 208 valence electrons. The monoisotopic (exact) mass is 585 g/mol. The number of halogens is 5. The SMILES string of the molecule is C[Si](C)(C)CCOCn1cc(C(F)(F)F)c2c(Oc3c(F)cc(NC(=O)Nc4cnsc4)cc3F)ccnc21. The third kappa shape index (κ3) is 7.10. The molecule has 8 nitrogen and oxygen atoms in total. The van der Waals surface area contributed by atoms with Gasteiger partial charge in [-0.3, -0.25) is 0 Å². The molecule has 15 heteroatoms. The van der Waals surface area contributed by atoms with E-state index >= 15 is 0 Å². The highest BCUT2D eigenvalue weighted by Gasteiger charge is 2.37. The van der Waals surface area contributed by atoms with Crippen LogP contribution in [0.15, 0.2) is 42.2 Å². The van der Waals surface area contributed by atoms with Crippen LogP contribution in [-0.2, 0) is 17.6 Å². The Labute approximate surface area is 224 Å². The first-order valence-corrected chi connectivity index (χ1v) is 16.1. The number of aromatic nitrogens is 3. The Balaban J connectivity index is 1.60. The molecule has 0 unspecified atom stereocenters. The van der Waals surface area contributed by atoms with Crippen LogP contribution in [-0.4, -0.2) is 34.6 Å². The molecule has 0 radical (unpaired) electrons. The topological polar surface area (TPSA) is 90.3 Å². The number of nitrogens with zero attached hydrogens (tertiary/aromatic N) is 3. The fourth-order valence-electron chi connectivity index (χ4n) is 3.53. The molecule has 0 fully saturated rings. The van der Waals surface area contributed by atoms with Gasteiger partial charge in [-0.05, 0) is 23.6 Å². The average Bonchev–Trinajstić information content (AvgIpc) is 3.46. The van der Waals surface area contributed by atoms with Crippen molar-refractivity contribution in [1.29, 1.82) is 0 Å². The van der Waals surface area contributed by atoms with Crippen molar-refractivity contribution in [3.8, 4) is 11.5 Å². The number of hydrogen-bond acceptors (Lipinski definition) is 6. The van der Waals surface area contributed by atoms with Gasteiger partial charge in [-0.2, -0.15) is 17.5 Å². The van der Waals surface area contributed by atoms with Crippen LogP contribution in [0.5, 0.6) is 11.5 Å². The summed E-state index contributed by atoms with van der Waals surface area (Å²) in [6.07, 6.45) is -1.41. The zero-order chi connectivity index (χ0) is 28.4. The van der Waals surface area contributed by atoms with Gasteiger partial charge in [0.2, 0.25) is 0 Å². The van der Waals surface area contributed by atoms with Crippen molar-refractivity contribution in [3.05, 3.63) is 59.4 Å². The van der Waals surface area contributed by atoms with Gasteiger partial charge in [0.25, 0.3) is 0 Å². The van der Waals surface area contributed by atoms with Crippen molar-refractivity contribution >= 4 is 48.0 Å². The van der Waals surface area contributed by atoms with Gasteiger partial charge in [-0.25, -0.2) is 18.6 Å². The predicted octanol–water partition coefficient (Wildman–Crippen LogP) is 7.54. The van der Waals surface area contributed by atoms with Crippen molar-refractivity contribution in [2.24, 2.45) is 0 Å². The normalized spacial score (nSPS) is 12.1. The van der Waals surface area contributed by atoms with Gasteiger partial charge in [0, 0.05) is 50.3 Å². The van der Waals surface area contributed by atoms with E-state index in [1.165, 1.54) is 17.0 Å². The summed E-state index contributed by atoms with van der Waals surface area (Å²) >= 11 is 1.09. The number of amides is 2. The third-order valence-electron chi connectivity index (χ3n) is 5.41. The summed E-state index contributed by atoms with van der Waals surface area (Å²) in [5, 5.41) is 5.78. The molecule has 39 heavy (non-hydrogen) atoms. The number of nitrogens with one attached hydrogen (secondary N) is 2. The maximum atomic E-state index is 14.9. The molecule has 0 aliphatic heterocycles. The number of carbonyl (C=O) groups excluding carboxylic acids is 1. The molecule has 3 aromatic heterocycles. The number of ether oxygens (including phenoxy) is 2. The molecule has 2 N–H and O–H groups in total. The van der Waals surface area contributed by atoms with Crippen LogP contribution in [0.1, 0.15) is 5.56 Å². The lowest BCUT2D eigenvalue weighted by Gasteiger charge is -2.15. The van der Waals surface area contributed by atoms with E-state index < -0.39 is 54.4 Å². The van der Waals surface area contributed by atoms with E-state index in [9.17, 15) is 26.7 Å². The predicted molar refractivity (Wildman–Crippen MR) is 140 cm³/mol. The maximum Gasteiger partial charge on any atom is 0.418 e. The molecule has 4 aromatic rings. The number of fused-ring (bicyclic) bond motifs is 1. The van der Waals surface area contributed by atoms with Crippen LogP contribution in [0.25, 0.3) is 11.0 Å². The van der Waals surface area contributed by atoms with Crippen LogP contribution < -0.4 is 15.4 Å². The van der Waals surface area contributed by atoms with Crippen molar-refractivity contribution in [2.75, 3.05) is 17.2 Å². The van der Waals surface area contributed by atoms with Crippen LogP contribution >= 0.6 is 11.5 Å². The second-order valence-corrected chi connectivity index (χ2v) is 16.0. The molecule has 4 rings (SSSR count). The number of urea groups is 1. The van der Waals surface area contributed by atoms with Gasteiger partial charge in [0.05, 0.1) is 22.8 Å². The summed E-state index contributed by atoms with van der Waals surface area (Å²) in [5.74, 6) is -3.87. The number of alkyl halides is 3. The van der Waals surface area contributed by atoms with Gasteiger partial charge in [-0.15, -0.1) is 0 Å². The van der Waals surface area contributed by atoms with Gasteiger partial charge in [0.1, 0.15) is 18.1 Å². The lowest BCUT2D eigenvalue weighted by molar-refractivity contribution is -0.136. The molecular formula is C24H24F5N5O3SSi. The standard InChI is InChI=1S/C24H24F5N5O3SSi/c1-39(2,3)7-6-36-13-34-11-16(24(27,28)29)20-19(4-5-30-22(20)34)37-21-17(25)8-14(9-18(21)26)32-23(35)33-15-10-31-38-12-15/h4-5,8-12H,6-7,13H2,1-3H3,(H2,32,33,35).